The van der Waals surface area contributed by atoms with Crippen LogP contribution >= 0.6 is 0 Å². The van der Waals surface area contributed by atoms with Crippen molar-refractivity contribution < 1.29 is 23.9 Å². The third-order valence-corrected chi connectivity index (χ3v) is 5.39. The summed E-state index contributed by atoms with van der Waals surface area (Å²) in [6.07, 6.45) is 2.72. The third kappa shape index (κ3) is 6.68. The van der Waals surface area contributed by atoms with Gasteiger partial charge in [-0.05, 0) is 37.6 Å². The molecule has 9 nitrogen and oxygen atoms in total. The molecular weight excluding hydrogens is 424 g/mol. The average molecular weight is 455 g/mol. The van der Waals surface area contributed by atoms with Crippen LogP contribution in [0, 0.1) is 0 Å². The number of methoxy groups -OCH3 is 1. The third-order valence-electron chi connectivity index (χ3n) is 5.39. The number of carbonyl (C=O) groups excluding carboxylic acids is 3. The molecule has 1 aromatic carbocycles. The molecule has 0 saturated carbocycles. The van der Waals surface area contributed by atoms with Gasteiger partial charge in [-0.1, -0.05) is 12.1 Å². The van der Waals surface area contributed by atoms with Crippen LogP contribution in [0.25, 0.3) is 0 Å². The van der Waals surface area contributed by atoms with Crippen molar-refractivity contribution >= 4 is 29.3 Å². The van der Waals surface area contributed by atoms with Crippen LogP contribution in [-0.4, -0.2) is 67.6 Å². The fourth-order valence-corrected chi connectivity index (χ4v) is 3.61. The summed E-state index contributed by atoms with van der Waals surface area (Å²) in [6.45, 7) is 4.90. The first-order valence-electron chi connectivity index (χ1n) is 11.1. The van der Waals surface area contributed by atoms with E-state index in [1.807, 2.05) is 30.0 Å². The van der Waals surface area contributed by atoms with Crippen molar-refractivity contribution in [1.29, 1.82) is 0 Å². The number of aromatic nitrogens is 1. The molecule has 0 aliphatic carbocycles. The molecule has 0 radical (unpaired) electrons. The minimum Gasteiger partial charge on any atom is -0.493 e. The maximum absolute atomic E-state index is 12.6. The predicted molar refractivity (Wildman–Crippen MR) is 124 cm³/mol. The monoisotopic (exact) mass is 454 g/mol. The van der Waals surface area contributed by atoms with Crippen LogP contribution in [0.4, 0.5) is 11.5 Å². The predicted octanol–water partition coefficient (Wildman–Crippen LogP) is 2.72. The second-order valence-electron chi connectivity index (χ2n) is 7.59. The number of carbonyl (C=O) groups is 3. The van der Waals surface area contributed by atoms with Crippen molar-refractivity contribution in [3.8, 4) is 5.75 Å². The van der Waals surface area contributed by atoms with Crippen LogP contribution in [0.3, 0.4) is 0 Å². The summed E-state index contributed by atoms with van der Waals surface area (Å²) in [5, 5.41) is 2.86. The molecule has 2 amide bonds. The van der Waals surface area contributed by atoms with Crippen molar-refractivity contribution in [2.24, 2.45) is 0 Å². The molecule has 0 bridgehead atoms. The zero-order valence-corrected chi connectivity index (χ0v) is 19.1. The first kappa shape index (κ1) is 24.0. The highest BCUT2D eigenvalue weighted by molar-refractivity contribution is 6.06. The van der Waals surface area contributed by atoms with Crippen LogP contribution in [-0.2, 0) is 14.3 Å². The highest BCUT2D eigenvalue weighted by Gasteiger charge is 2.22. The lowest BCUT2D eigenvalue weighted by Gasteiger charge is -2.35. The number of hydrogen-bond donors (Lipinski definition) is 1. The molecule has 1 N–H and O–H groups in total. The topological polar surface area (TPSA) is 101 Å². The summed E-state index contributed by atoms with van der Waals surface area (Å²) in [7, 11) is 1.35. The van der Waals surface area contributed by atoms with Crippen LogP contribution in [0.1, 0.15) is 36.5 Å². The molecule has 1 aromatic heterocycles. The van der Waals surface area contributed by atoms with E-state index in [0.29, 0.717) is 62.6 Å². The number of pyridine rings is 1. The molecular formula is C24H30N4O5. The number of para-hydroxylation sites is 1. The van der Waals surface area contributed by atoms with Crippen molar-refractivity contribution in [2.75, 3.05) is 50.1 Å². The van der Waals surface area contributed by atoms with E-state index in [2.05, 4.69) is 19.9 Å². The summed E-state index contributed by atoms with van der Waals surface area (Å²) < 4.78 is 10.1. The van der Waals surface area contributed by atoms with Crippen LogP contribution in [0.15, 0.2) is 42.6 Å². The summed E-state index contributed by atoms with van der Waals surface area (Å²) in [5.41, 5.74) is 1.06. The number of anilines is 2. The molecule has 0 unspecified atom stereocenters. The minimum absolute atomic E-state index is 0.0527. The number of nitrogens with zero attached hydrogens (tertiary/aromatic N) is 3. The Bertz CT molecular complexity index is 956. The maximum atomic E-state index is 12.6. The van der Waals surface area contributed by atoms with Gasteiger partial charge in [-0.2, -0.15) is 0 Å². The van der Waals surface area contributed by atoms with Gasteiger partial charge < -0.3 is 24.6 Å². The first-order valence-corrected chi connectivity index (χ1v) is 11.1. The van der Waals surface area contributed by atoms with Gasteiger partial charge in [0.2, 0.25) is 5.91 Å². The second-order valence-corrected chi connectivity index (χ2v) is 7.59. The number of amides is 2. The molecule has 176 valence electrons. The molecule has 33 heavy (non-hydrogen) atoms. The number of nitrogens with one attached hydrogen (secondary N) is 1. The summed E-state index contributed by atoms with van der Waals surface area (Å²) in [6, 6.07) is 10.8. The Hall–Kier alpha value is -3.62. The molecule has 2 aromatic rings. The van der Waals surface area contributed by atoms with Crippen molar-refractivity contribution in [3.05, 3.63) is 48.2 Å². The Morgan fingerprint density at radius 2 is 1.79 bits per heavy atom. The Kier molecular flexibility index (Phi) is 8.63. The van der Waals surface area contributed by atoms with Gasteiger partial charge in [0.1, 0.15) is 11.6 Å². The average Bonchev–Trinajstić information content (AvgIpc) is 2.85. The SMILES string of the molecule is CCOc1ccccc1C(=O)Nc1ccc(N2CCN(C(=O)CCCC(=O)OC)CC2)nc1. The number of ether oxygens (including phenoxy) is 2. The molecule has 1 saturated heterocycles. The second kappa shape index (κ2) is 11.8. The molecule has 0 spiro atoms. The van der Waals surface area contributed by atoms with Crippen molar-refractivity contribution in [1.82, 2.24) is 9.88 Å². The maximum Gasteiger partial charge on any atom is 0.305 e. The fraction of sp³-hybridized carbons (Fsp3) is 0.417. The molecule has 1 fully saturated rings. The summed E-state index contributed by atoms with van der Waals surface area (Å²) in [4.78, 5) is 44.5. The van der Waals surface area contributed by atoms with Gasteiger partial charge in [-0.15, -0.1) is 0 Å². The van der Waals surface area contributed by atoms with Gasteiger partial charge in [0.15, 0.2) is 0 Å². The van der Waals surface area contributed by atoms with E-state index >= 15 is 0 Å². The lowest BCUT2D eigenvalue weighted by molar-refractivity contribution is -0.140. The molecule has 9 heteroatoms. The van der Waals surface area contributed by atoms with Crippen molar-refractivity contribution in [3.63, 3.8) is 0 Å². The van der Waals surface area contributed by atoms with E-state index in [1.165, 1.54) is 7.11 Å². The van der Waals surface area contributed by atoms with Gasteiger partial charge in [0.05, 0.1) is 31.2 Å². The largest absolute Gasteiger partial charge is 0.493 e. The summed E-state index contributed by atoms with van der Waals surface area (Å²) >= 11 is 0. The van der Waals surface area contributed by atoms with E-state index in [1.54, 1.807) is 24.4 Å². The van der Waals surface area contributed by atoms with E-state index in [-0.39, 0.29) is 24.2 Å². The van der Waals surface area contributed by atoms with Crippen LogP contribution < -0.4 is 15.0 Å². The Balaban J connectivity index is 1.49. The lowest BCUT2D eigenvalue weighted by atomic mass is 10.2. The Morgan fingerprint density at radius 1 is 1.03 bits per heavy atom. The zero-order valence-electron chi connectivity index (χ0n) is 19.1. The number of rotatable bonds is 9. The van der Waals surface area contributed by atoms with E-state index < -0.39 is 0 Å². The standard InChI is InChI=1S/C24H30N4O5/c1-3-33-20-8-5-4-7-19(20)24(31)26-18-11-12-21(25-17-18)27-13-15-28(16-14-27)22(29)9-6-10-23(30)32-2/h4-5,7-8,11-12,17H,3,6,9-10,13-16H2,1-2H3,(H,26,31). The van der Waals surface area contributed by atoms with Gasteiger partial charge in [-0.3, -0.25) is 14.4 Å². The van der Waals surface area contributed by atoms with Gasteiger partial charge in [0.25, 0.3) is 5.91 Å². The molecule has 2 heterocycles. The number of esters is 1. The molecule has 1 aliphatic rings. The molecule has 3 rings (SSSR count). The Labute approximate surface area is 193 Å². The van der Waals surface area contributed by atoms with E-state index in [0.717, 1.165) is 5.82 Å². The molecule has 0 atom stereocenters. The highest BCUT2D eigenvalue weighted by atomic mass is 16.5. The van der Waals surface area contributed by atoms with E-state index in [9.17, 15) is 14.4 Å². The molecule has 1 aliphatic heterocycles. The fourth-order valence-electron chi connectivity index (χ4n) is 3.61. The lowest BCUT2D eigenvalue weighted by Crippen LogP contribution is -2.49. The number of piperazine rings is 1. The number of benzene rings is 1. The van der Waals surface area contributed by atoms with E-state index in [4.69, 9.17) is 4.74 Å². The van der Waals surface area contributed by atoms with Crippen LogP contribution in [0.5, 0.6) is 5.75 Å². The Morgan fingerprint density at radius 3 is 2.45 bits per heavy atom. The van der Waals surface area contributed by atoms with Crippen molar-refractivity contribution in [2.45, 2.75) is 26.2 Å². The minimum atomic E-state index is -0.295. The van der Waals surface area contributed by atoms with Gasteiger partial charge in [-0.25, -0.2) is 4.98 Å². The smallest absolute Gasteiger partial charge is 0.305 e. The van der Waals surface area contributed by atoms with Crippen LogP contribution in [0.2, 0.25) is 0 Å². The zero-order chi connectivity index (χ0) is 23.6. The quantitative estimate of drug-likeness (QED) is 0.582. The van der Waals surface area contributed by atoms with Gasteiger partial charge >= 0.3 is 5.97 Å². The normalized spacial score (nSPS) is 13.4. The highest BCUT2D eigenvalue weighted by Crippen LogP contribution is 2.21. The summed E-state index contributed by atoms with van der Waals surface area (Å²) in [5.74, 6) is 0.835. The number of hydrogen-bond acceptors (Lipinski definition) is 7. The first-order chi connectivity index (χ1) is 16.0. The van der Waals surface area contributed by atoms with Gasteiger partial charge in [0, 0.05) is 39.0 Å².